The van der Waals surface area contributed by atoms with Gasteiger partial charge in [0.05, 0.1) is 10.7 Å². The van der Waals surface area contributed by atoms with Gasteiger partial charge in [-0.1, -0.05) is 44.7 Å². The highest BCUT2D eigenvalue weighted by Crippen LogP contribution is 2.19. The maximum absolute atomic E-state index is 5.69. The average molecular weight is 373 g/mol. The normalized spacial score (nSPS) is 11.5. The maximum Gasteiger partial charge on any atom is 0.191 e. The number of thiazole rings is 1. The van der Waals surface area contributed by atoms with Gasteiger partial charge in [-0.3, -0.25) is 4.99 Å². The van der Waals surface area contributed by atoms with Crippen LogP contribution in [0, 0.1) is 0 Å². The average Bonchev–Trinajstić information content (AvgIpc) is 3.12. The van der Waals surface area contributed by atoms with Crippen LogP contribution in [0.15, 0.2) is 47.3 Å². The SMILES string of the molecule is C=CCOc1ccccc1CNC(=NC)NCCc1csc(C(C)C)n1. The van der Waals surface area contributed by atoms with Crippen LogP contribution in [-0.4, -0.2) is 31.1 Å². The highest BCUT2D eigenvalue weighted by Gasteiger charge is 2.07. The molecule has 0 amide bonds. The first-order valence-corrected chi connectivity index (χ1v) is 9.72. The first-order valence-electron chi connectivity index (χ1n) is 8.84. The quantitative estimate of drug-likeness (QED) is 0.400. The lowest BCUT2D eigenvalue weighted by atomic mass is 10.2. The first kappa shape index (κ1) is 20.0. The molecule has 1 heterocycles. The summed E-state index contributed by atoms with van der Waals surface area (Å²) >= 11 is 1.73. The number of nitrogens with one attached hydrogen (secondary N) is 2. The summed E-state index contributed by atoms with van der Waals surface area (Å²) in [4.78, 5) is 8.94. The molecule has 1 aromatic carbocycles. The third kappa shape index (κ3) is 6.19. The van der Waals surface area contributed by atoms with Gasteiger partial charge in [0.1, 0.15) is 12.4 Å². The van der Waals surface area contributed by atoms with Crippen molar-refractivity contribution >= 4 is 17.3 Å². The maximum atomic E-state index is 5.69. The number of hydrogen-bond acceptors (Lipinski definition) is 4. The standard InChI is InChI=1S/C20H28N4OS/c1-5-12-25-18-9-7-6-8-16(18)13-23-20(21-4)22-11-10-17-14-26-19(24-17)15(2)3/h5-9,14-15H,1,10-13H2,2-4H3,(H2,21,22,23). The molecule has 1 aromatic heterocycles. The van der Waals surface area contributed by atoms with E-state index in [0.29, 0.717) is 19.1 Å². The smallest absolute Gasteiger partial charge is 0.191 e. The fourth-order valence-electron chi connectivity index (χ4n) is 2.35. The highest BCUT2D eigenvalue weighted by molar-refractivity contribution is 7.09. The van der Waals surface area contributed by atoms with Crippen LogP contribution in [0.1, 0.15) is 36.0 Å². The minimum Gasteiger partial charge on any atom is -0.489 e. The monoisotopic (exact) mass is 372 g/mol. The van der Waals surface area contributed by atoms with E-state index in [2.05, 4.69) is 46.4 Å². The van der Waals surface area contributed by atoms with Crippen molar-refractivity contribution in [1.29, 1.82) is 0 Å². The number of benzene rings is 1. The van der Waals surface area contributed by atoms with Gasteiger partial charge in [0, 0.05) is 43.4 Å². The summed E-state index contributed by atoms with van der Waals surface area (Å²) in [5.74, 6) is 2.11. The van der Waals surface area contributed by atoms with E-state index >= 15 is 0 Å². The highest BCUT2D eigenvalue weighted by atomic mass is 32.1. The Morgan fingerprint density at radius 2 is 2.15 bits per heavy atom. The predicted molar refractivity (Wildman–Crippen MR) is 110 cm³/mol. The number of para-hydroxylation sites is 1. The van der Waals surface area contributed by atoms with Gasteiger partial charge in [-0.2, -0.15) is 0 Å². The van der Waals surface area contributed by atoms with Crippen molar-refractivity contribution in [3.63, 3.8) is 0 Å². The first-order chi connectivity index (χ1) is 12.6. The minimum atomic E-state index is 0.486. The molecule has 0 radical (unpaired) electrons. The zero-order valence-electron chi connectivity index (χ0n) is 15.8. The molecule has 0 saturated carbocycles. The van der Waals surface area contributed by atoms with E-state index in [0.717, 1.165) is 35.9 Å². The van der Waals surface area contributed by atoms with Gasteiger partial charge < -0.3 is 15.4 Å². The molecule has 0 aliphatic carbocycles. The topological polar surface area (TPSA) is 58.5 Å². The van der Waals surface area contributed by atoms with E-state index in [1.54, 1.807) is 24.5 Å². The lowest BCUT2D eigenvalue weighted by molar-refractivity contribution is 0.358. The molecule has 140 valence electrons. The Hall–Kier alpha value is -2.34. The number of rotatable bonds is 9. The number of nitrogens with zero attached hydrogens (tertiary/aromatic N) is 2. The number of ether oxygens (including phenoxy) is 1. The van der Waals surface area contributed by atoms with Crippen LogP contribution in [0.4, 0.5) is 0 Å². The van der Waals surface area contributed by atoms with Crippen molar-refractivity contribution in [2.75, 3.05) is 20.2 Å². The van der Waals surface area contributed by atoms with Crippen LogP contribution in [0.2, 0.25) is 0 Å². The molecule has 2 aromatic rings. The molecule has 0 aliphatic rings. The van der Waals surface area contributed by atoms with E-state index < -0.39 is 0 Å². The minimum absolute atomic E-state index is 0.486. The van der Waals surface area contributed by atoms with Crippen molar-refractivity contribution in [2.24, 2.45) is 4.99 Å². The summed E-state index contributed by atoms with van der Waals surface area (Å²) in [5.41, 5.74) is 2.21. The fraction of sp³-hybridized carbons (Fsp3) is 0.400. The lowest BCUT2D eigenvalue weighted by Gasteiger charge is -2.14. The summed E-state index contributed by atoms with van der Waals surface area (Å²) in [7, 11) is 1.77. The molecule has 2 rings (SSSR count). The van der Waals surface area contributed by atoms with Crippen molar-refractivity contribution in [3.8, 4) is 5.75 Å². The second-order valence-corrected chi connectivity index (χ2v) is 7.03. The molecule has 2 N–H and O–H groups in total. The fourth-order valence-corrected chi connectivity index (χ4v) is 3.22. The van der Waals surface area contributed by atoms with Crippen LogP contribution in [0.3, 0.4) is 0 Å². The number of guanidine groups is 1. The van der Waals surface area contributed by atoms with Crippen LogP contribution in [0.5, 0.6) is 5.75 Å². The summed E-state index contributed by atoms with van der Waals surface area (Å²) < 4.78 is 5.69. The van der Waals surface area contributed by atoms with E-state index in [-0.39, 0.29) is 0 Å². The third-order valence-electron chi connectivity index (χ3n) is 3.74. The Morgan fingerprint density at radius 1 is 1.35 bits per heavy atom. The predicted octanol–water partition coefficient (Wildman–Crippen LogP) is 3.74. The molecule has 6 heteroatoms. The second-order valence-electron chi connectivity index (χ2n) is 6.14. The number of aliphatic imine (C=N–C) groups is 1. The van der Waals surface area contributed by atoms with Crippen molar-refractivity contribution in [1.82, 2.24) is 15.6 Å². The molecule has 26 heavy (non-hydrogen) atoms. The molecule has 0 bridgehead atoms. The van der Waals surface area contributed by atoms with Crippen LogP contribution in [0.25, 0.3) is 0 Å². The van der Waals surface area contributed by atoms with Crippen molar-refractivity contribution in [2.45, 2.75) is 32.7 Å². The summed E-state index contributed by atoms with van der Waals surface area (Å²) in [5, 5.41) is 10.00. The van der Waals surface area contributed by atoms with E-state index in [9.17, 15) is 0 Å². The molecule has 0 atom stereocenters. The van der Waals surface area contributed by atoms with Gasteiger partial charge in [0.15, 0.2) is 5.96 Å². The summed E-state index contributed by atoms with van der Waals surface area (Å²) in [6.07, 6.45) is 2.62. The van der Waals surface area contributed by atoms with Gasteiger partial charge in [0.25, 0.3) is 0 Å². The van der Waals surface area contributed by atoms with E-state index in [4.69, 9.17) is 4.74 Å². The van der Waals surface area contributed by atoms with E-state index in [1.807, 2.05) is 24.3 Å². The summed E-state index contributed by atoms with van der Waals surface area (Å²) in [6.45, 7) is 9.95. The van der Waals surface area contributed by atoms with Crippen molar-refractivity contribution < 1.29 is 4.74 Å². The molecule has 5 nitrogen and oxygen atoms in total. The Kier molecular flexibility index (Phi) is 8.15. The number of aromatic nitrogens is 1. The Morgan fingerprint density at radius 3 is 2.85 bits per heavy atom. The van der Waals surface area contributed by atoms with E-state index in [1.165, 1.54) is 5.01 Å². The molecule has 0 saturated heterocycles. The number of hydrogen-bond donors (Lipinski definition) is 2. The molecule has 0 fully saturated rings. The third-order valence-corrected chi connectivity index (χ3v) is 4.93. The van der Waals surface area contributed by atoms with Gasteiger partial charge in [0.2, 0.25) is 0 Å². The lowest BCUT2D eigenvalue weighted by Crippen LogP contribution is -2.38. The van der Waals surface area contributed by atoms with Gasteiger partial charge >= 0.3 is 0 Å². The Labute approximate surface area is 160 Å². The largest absolute Gasteiger partial charge is 0.489 e. The van der Waals surface area contributed by atoms with Gasteiger partial charge in [-0.05, 0) is 6.07 Å². The molecular weight excluding hydrogens is 344 g/mol. The molecule has 0 unspecified atom stereocenters. The van der Waals surface area contributed by atoms with Crippen molar-refractivity contribution in [3.05, 3.63) is 58.6 Å². The zero-order valence-corrected chi connectivity index (χ0v) is 16.6. The molecule has 0 spiro atoms. The Balaban J connectivity index is 1.81. The molecule has 0 aliphatic heterocycles. The second kappa shape index (κ2) is 10.6. The van der Waals surface area contributed by atoms with Gasteiger partial charge in [-0.15, -0.1) is 11.3 Å². The van der Waals surface area contributed by atoms with Crippen LogP contribution < -0.4 is 15.4 Å². The van der Waals surface area contributed by atoms with Crippen LogP contribution in [-0.2, 0) is 13.0 Å². The summed E-state index contributed by atoms with van der Waals surface area (Å²) in [6, 6.07) is 7.98. The van der Waals surface area contributed by atoms with Gasteiger partial charge in [-0.25, -0.2) is 4.98 Å². The molecular formula is C20H28N4OS. The Bertz CT molecular complexity index is 724. The zero-order chi connectivity index (χ0) is 18.8. The van der Waals surface area contributed by atoms with Crippen LogP contribution >= 0.6 is 11.3 Å².